The molecule has 0 saturated carbocycles. The number of amides is 1. The van der Waals surface area contributed by atoms with Crippen LogP contribution in [-0.2, 0) is 0 Å². The van der Waals surface area contributed by atoms with Crippen LogP contribution in [0.3, 0.4) is 0 Å². The van der Waals surface area contributed by atoms with E-state index in [1.807, 2.05) is 18.2 Å². The molecule has 0 bridgehead atoms. The van der Waals surface area contributed by atoms with Gasteiger partial charge in [0.25, 0.3) is 5.91 Å². The standard InChI is InChI=1S/C18H23N3O2/c1-13(14-5-3-2-4-6-14)11-20-17(22)16-12-23-18(21-16)15-7-9-19-10-8-15/h2-6,12-13,15,19H,7-11H2,1H3,(H,20,22). The largest absolute Gasteiger partial charge is 0.448 e. The summed E-state index contributed by atoms with van der Waals surface area (Å²) in [7, 11) is 0. The number of carbonyl (C=O) groups excluding carboxylic acids is 1. The Balaban J connectivity index is 1.55. The number of oxazole rings is 1. The topological polar surface area (TPSA) is 67.2 Å². The average molecular weight is 313 g/mol. The highest BCUT2D eigenvalue weighted by Gasteiger charge is 2.22. The second kappa shape index (κ2) is 7.42. The van der Waals surface area contributed by atoms with Gasteiger partial charge in [0, 0.05) is 12.5 Å². The molecule has 1 fully saturated rings. The van der Waals surface area contributed by atoms with Crippen LogP contribution >= 0.6 is 0 Å². The summed E-state index contributed by atoms with van der Waals surface area (Å²) >= 11 is 0. The summed E-state index contributed by atoms with van der Waals surface area (Å²) in [5.74, 6) is 1.10. The fourth-order valence-electron chi connectivity index (χ4n) is 2.88. The van der Waals surface area contributed by atoms with Crippen molar-refractivity contribution in [3.05, 3.63) is 53.7 Å². The van der Waals surface area contributed by atoms with Gasteiger partial charge in [-0.05, 0) is 37.4 Å². The number of nitrogens with one attached hydrogen (secondary N) is 2. The third-order valence-electron chi connectivity index (χ3n) is 4.38. The van der Waals surface area contributed by atoms with Crippen LogP contribution in [0, 0.1) is 0 Å². The Hall–Kier alpha value is -2.14. The van der Waals surface area contributed by atoms with Gasteiger partial charge in [0.15, 0.2) is 11.6 Å². The first-order valence-electron chi connectivity index (χ1n) is 8.23. The monoisotopic (exact) mass is 313 g/mol. The maximum atomic E-state index is 12.2. The maximum absolute atomic E-state index is 12.2. The van der Waals surface area contributed by atoms with Gasteiger partial charge in [0.05, 0.1) is 0 Å². The molecule has 2 N–H and O–H groups in total. The van der Waals surface area contributed by atoms with Gasteiger partial charge in [-0.15, -0.1) is 0 Å². The van der Waals surface area contributed by atoms with Crippen molar-refractivity contribution in [3.8, 4) is 0 Å². The molecule has 1 aromatic carbocycles. The highest BCUT2D eigenvalue weighted by atomic mass is 16.3. The first-order chi connectivity index (χ1) is 11.2. The molecule has 1 aromatic heterocycles. The highest BCUT2D eigenvalue weighted by Crippen LogP contribution is 2.24. The molecule has 23 heavy (non-hydrogen) atoms. The van der Waals surface area contributed by atoms with Gasteiger partial charge in [0.2, 0.25) is 0 Å². The number of hydrogen-bond donors (Lipinski definition) is 2. The zero-order chi connectivity index (χ0) is 16.1. The number of aromatic nitrogens is 1. The predicted molar refractivity (Wildman–Crippen MR) is 88.5 cm³/mol. The third kappa shape index (κ3) is 3.99. The molecular formula is C18H23N3O2. The van der Waals surface area contributed by atoms with E-state index in [0.717, 1.165) is 25.9 Å². The molecule has 1 saturated heterocycles. The number of hydrogen-bond acceptors (Lipinski definition) is 4. The van der Waals surface area contributed by atoms with Gasteiger partial charge in [-0.2, -0.15) is 0 Å². The average Bonchev–Trinajstić information content (AvgIpc) is 3.11. The number of piperidine rings is 1. The Morgan fingerprint density at radius 3 is 2.83 bits per heavy atom. The summed E-state index contributed by atoms with van der Waals surface area (Å²) in [5, 5.41) is 6.25. The highest BCUT2D eigenvalue weighted by molar-refractivity contribution is 5.91. The molecule has 1 unspecified atom stereocenters. The zero-order valence-electron chi connectivity index (χ0n) is 13.4. The molecule has 1 amide bonds. The SMILES string of the molecule is CC(CNC(=O)c1coc(C2CCNCC2)n1)c1ccccc1. The Kier molecular flexibility index (Phi) is 5.08. The molecule has 122 valence electrons. The van der Waals surface area contributed by atoms with Crippen LogP contribution in [0.1, 0.15) is 53.5 Å². The summed E-state index contributed by atoms with van der Waals surface area (Å²) in [6, 6.07) is 10.2. The molecule has 0 spiro atoms. The van der Waals surface area contributed by atoms with E-state index in [9.17, 15) is 4.79 Å². The normalized spacial score (nSPS) is 16.9. The molecule has 5 heteroatoms. The van der Waals surface area contributed by atoms with Crippen LogP contribution in [0.15, 0.2) is 41.0 Å². The minimum atomic E-state index is -0.170. The molecule has 0 radical (unpaired) electrons. The summed E-state index contributed by atoms with van der Waals surface area (Å²) in [6.07, 6.45) is 3.49. The molecule has 1 aliphatic rings. The number of benzene rings is 1. The van der Waals surface area contributed by atoms with Crippen molar-refractivity contribution in [2.24, 2.45) is 0 Å². The molecule has 0 aliphatic carbocycles. The van der Waals surface area contributed by atoms with Crippen molar-refractivity contribution < 1.29 is 9.21 Å². The van der Waals surface area contributed by atoms with Crippen molar-refractivity contribution in [2.75, 3.05) is 19.6 Å². The maximum Gasteiger partial charge on any atom is 0.273 e. The number of carbonyl (C=O) groups is 1. The van der Waals surface area contributed by atoms with Crippen molar-refractivity contribution in [1.82, 2.24) is 15.6 Å². The first-order valence-corrected chi connectivity index (χ1v) is 8.23. The van der Waals surface area contributed by atoms with Crippen molar-refractivity contribution in [1.29, 1.82) is 0 Å². The van der Waals surface area contributed by atoms with Crippen LogP contribution in [-0.4, -0.2) is 30.5 Å². The fourth-order valence-corrected chi connectivity index (χ4v) is 2.88. The van der Waals surface area contributed by atoms with Gasteiger partial charge in [-0.25, -0.2) is 4.98 Å². The molecule has 2 heterocycles. The lowest BCUT2D eigenvalue weighted by atomic mass is 9.98. The zero-order valence-corrected chi connectivity index (χ0v) is 13.4. The summed E-state index contributed by atoms with van der Waals surface area (Å²) < 4.78 is 5.52. The minimum absolute atomic E-state index is 0.170. The fraction of sp³-hybridized carbons (Fsp3) is 0.444. The molecule has 1 aliphatic heterocycles. The van der Waals surface area contributed by atoms with Crippen LogP contribution < -0.4 is 10.6 Å². The molecule has 1 atom stereocenters. The Morgan fingerprint density at radius 1 is 1.35 bits per heavy atom. The van der Waals surface area contributed by atoms with Crippen molar-refractivity contribution >= 4 is 5.91 Å². The summed E-state index contributed by atoms with van der Waals surface area (Å²) in [6.45, 7) is 4.63. The van der Waals surface area contributed by atoms with Gasteiger partial charge in [0.1, 0.15) is 6.26 Å². The third-order valence-corrected chi connectivity index (χ3v) is 4.38. The van der Waals surface area contributed by atoms with Crippen LogP contribution in [0.2, 0.25) is 0 Å². The van der Waals surface area contributed by atoms with Gasteiger partial charge < -0.3 is 15.1 Å². The predicted octanol–water partition coefficient (Wildman–Crippen LogP) is 2.68. The Bertz CT molecular complexity index is 633. The lowest BCUT2D eigenvalue weighted by molar-refractivity contribution is 0.0946. The molecule has 2 aromatic rings. The van der Waals surface area contributed by atoms with Gasteiger partial charge in [-0.3, -0.25) is 4.79 Å². The first kappa shape index (κ1) is 15.7. The van der Waals surface area contributed by atoms with E-state index in [4.69, 9.17) is 4.42 Å². The van der Waals surface area contributed by atoms with E-state index >= 15 is 0 Å². The van der Waals surface area contributed by atoms with E-state index in [0.29, 0.717) is 24.0 Å². The van der Waals surface area contributed by atoms with E-state index in [1.54, 1.807) is 0 Å². The molecule has 5 nitrogen and oxygen atoms in total. The van der Waals surface area contributed by atoms with Crippen molar-refractivity contribution in [2.45, 2.75) is 31.6 Å². The van der Waals surface area contributed by atoms with Crippen LogP contribution in [0.25, 0.3) is 0 Å². The smallest absolute Gasteiger partial charge is 0.273 e. The lowest BCUT2D eigenvalue weighted by Gasteiger charge is -2.19. The van der Waals surface area contributed by atoms with Crippen LogP contribution in [0.4, 0.5) is 0 Å². The second-order valence-corrected chi connectivity index (χ2v) is 6.12. The van der Waals surface area contributed by atoms with E-state index in [-0.39, 0.29) is 11.8 Å². The lowest BCUT2D eigenvalue weighted by Crippen LogP contribution is -2.28. The minimum Gasteiger partial charge on any atom is -0.448 e. The second-order valence-electron chi connectivity index (χ2n) is 6.12. The molecule has 3 rings (SSSR count). The van der Waals surface area contributed by atoms with Gasteiger partial charge >= 0.3 is 0 Å². The van der Waals surface area contributed by atoms with Gasteiger partial charge in [-0.1, -0.05) is 37.3 Å². The summed E-state index contributed by atoms with van der Waals surface area (Å²) in [5.41, 5.74) is 1.59. The molecular weight excluding hydrogens is 290 g/mol. The van der Waals surface area contributed by atoms with Crippen molar-refractivity contribution in [3.63, 3.8) is 0 Å². The number of rotatable bonds is 5. The summed E-state index contributed by atoms with van der Waals surface area (Å²) in [4.78, 5) is 16.6. The van der Waals surface area contributed by atoms with E-state index < -0.39 is 0 Å². The van der Waals surface area contributed by atoms with E-state index in [1.165, 1.54) is 11.8 Å². The Morgan fingerprint density at radius 2 is 2.09 bits per heavy atom. The van der Waals surface area contributed by atoms with Crippen LogP contribution in [0.5, 0.6) is 0 Å². The quantitative estimate of drug-likeness (QED) is 0.890. The number of nitrogens with zero attached hydrogens (tertiary/aromatic N) is 1. The Labute approximate surface area is 136 Å². The van der Waals surface area contributed by atoms with E-state index in [2.05, 4.69) is 34.7 Å².